The molecule has 22 heavy (non-hydrogen) atoms. The predicted molar refractivity (Wildman–Crippen MR) is 92.2 cm³/mol. The third kappa shape index (κ3) is 2.97. The summed E-state index contributed by atoms with van der Waals surface area (Å²) in [7, 11) is 2.30. The number of rotatable bonds is 2. The molecule has 0 aromatic carbocycles. The summed E-state index contributed by atoms with van der Waals surface area (Å²) in [6.07, 6.45) is 13.3. The molecule has 4 aliphatic rings. The SMILES string of the molecule is CN1CCC(N2CCN3CCC[C@H]3[C@@H]2C2CCCCC2)CC1. The summed E-state index contributed by atoms with van der Waals surface area (Å²) in [6, 6.07) is 2.67. The molecule has 4 rings (SSSR count). The fourth-order valence-corrected chi connectivity index (χ4v) is 5.94. The monoisotopic (exact) mass is 305 g/mol. The Labute approximate surface area is 137 Å². The molecule has 0 aromatic rings. The molecule has 3 aliphatic heterocycles. The van der Waals surface area contributed by atoms with Crippen LogP contribution < -0.4 is 0 Å². The average molecular weight is 306 g/mol. The van der Waals surface area contributed by atoms with Gasteiger partial charge in [0.1, 0.15) is 0 Å². The second kappa shape index (κ2) is 6.78. The summed E-state index contributed by atoms with van der Waals surface area (Å²) < 4.78 is 0. The number of hydrogen-bond donors (Lipinski definition) is 0. The molecule has 4 fully saturated rings. The van der Waals surface area contributed by atoms with Crippen LogP contribution in [-0.2, 0) is 0 Å². The van der Waals surface area contributed by atoms with E-state index in [1.54, 1.807) is 0 Å². The topological polar surface area (TPSA) is 9.72 Å². The van der Waals surface area contributed by atoms with E-state index < -0.39 is 0 Å². The fourth-order valence-electron chi connectivity index (χ4n) is 5.94. The molecule has 1 saturated carbocycles. The molecule has 3 heterocycles. The Morgan fingerprint density at radius 3 is 2.23 bits per heavy atom. The van der Waals surface area contributed by atoms with Crippen LogP contribution in [-0.4, -0.2) is 72.6 Å². The zero-order valence-corrected chi connectivity index (χ0v) is 14.6. The Morgan fingerprint density at radius 2 is 1.45 bits per heavy atom. The molecule has 3 heteroatoms. The first kappa shape index (κ1) is 15.4. The highest BCUT2D eigenvalue weighted by Crippen LogP contribution is 2.39. The van der Waals surface area contributed by atoms with Crippen molar-refractivity contribution in [3.63, 3.8) is 0 Å². The number of piperidine rings is 1. The Kier molecular flexibility index (Phi) is 4.75. The van der Waals surface area contributed by atoms with Crippen molar-refractivity contribution in [1.82, 2.24) is 14.7 Å². The van der Waals surface area contributed by atoms with Gasteiger partial charge in [0.25, 0.3) is 0 Å². The molecule has 3 saturated heterocycles. The minimum atomic E-state index is 0.880. The van der Waals surface area contributed by atoms with Gasteiger partial charge in [0.05, 0.1) is 0 Å². The van der Waals surface area contributed by atoms with Gasteiger partial charge >= 0.3 is 0 Å². The Morgan fingerprint density at radius 1 is 0.682 bits per heavy atom. The predicted octanol–water partition coefficient (Wildman–Crippen LogP) is 2.81. The van der Waals surface area contributed by atoms with E-state index in [0.29, 0.717) is 0 Å². The van der Waals surface area contributed by atoms with E-state index in [1.807, 2.05) is 0 Å². The third-order valence-electron chi connectivity index (χ3n) is 7.13. The van der Waals surface area contributed by atoms with Gasteiger partial charge in [-0.2, -0.15) is 0 Å². The van der Waals surface area contributed by atoms with Crippen molar-refractivity contribution in [1.29, 1.82) is 0 Å². The number of nitrogens with zero attached hydrogens (tertiary/aromatic N) is 3. The maximum absolute atomic E-state index is 3.02. The van der Waals surface area contributed by atoms with Gasteiger partial charge in [-0.25, -0.2) is 0 Å². The maximum atomic E-state index is 3.02. The van der Waals surface area contributed by atoms with E-state index in [0.717, 1.165) is 24.0 Å². The molecule has 126 valence electrons. The van der Waals surface area contributed by atoms with Crippen LogP contribution in [0.4, 0.5) is 0 Å². The number of hydrogen-bond acceptors (Lipinski definition) is 3. The Bertz CT molecular complexity index is 358. The molecule has 0 N–H and O–H groups in total. The van der Waals surface area contributed by atoms with Crippen LogP contribution >= 0.6 is 0 Å². The second-order valence-electron chi connectivity index (χ2n) is 8.41. The lowest BCUT2D eigenvalue weighted by molar-refractivity contribution is -0.0372. The van der Waals surface area contributed by atoms with Gasteiger partial charge in [-0.15, -0.1) is 0 Å². The number of likely N-dealkylation sites (tertiary alicyclic amines) is 1. The van der Waals surface area contributed by atoms with Gasteiger partial charge in [-0.3, -0.25) is 9.80 Å². The summed E-state index contributed by atoms with van der Waals surface area (Å²) in [5, 5.41) is 0. The van der Waals surface area contributed by atoms with Gasteiger partial charge in [-0.05, 0) is 71.1 Å². The van der Waals surface area contributed by atoms with Gasteiger partial charge in [-0.1, -0.05) is 19.3 Å². The second-order valence-corrected chi connectivity index (χ2v) is 8.41. The van der Waals surface area contributed by atoms with Crippen molar-refractivity contribution in [3.05, 3.63) is 0 Å². The summed E-state index contributed by atoms with van der Waals surface area (Å²) >= 11 is 0. The number of piperazine rings is 1. The van der Waals surface area contributed by atoms with Crippen molar-refractivity contribution in [3.8, 4) is 0 Å². The first-order valence-electron chi connectivity index (χ1n) is 10.0. The van der Waals surface area contributed by atoms with Gasteiger partial charge < -0.3 is 4.90 Å². The van der Waals surface area contributed by atoms with E-state index in [4.69, 9.17) is 0 Å². The van der Waals surface area contributed by atoms with Gasteiger partial charge in [0.15, 0.2) is 0 Å². The summed E-state index contributed by atoms with van der Waals surface area (Å²) in [5.41, 5.74) is 0. The van der Waals surface area contributed by atoms with Crippen LogP contribution in [0.5, 0.6) is 0 Å². The van der Waals surface area contributed by atoms with Gasteiger partial charge in [0, 0.05) is 31.2 Å². The normalized spacial score (nSPS) is 37.5. The highest BCUT2D eigenvalue weighted by Gasteiger charge is 2.45. The first-order valence-corrected chi connectivity index (χ1v) is 10.0. The first-order chi connectivity index (χ1) is 10.8. The van der Waals surface area contributed by atoms with Crippen molar-refractivity contribution in [2.24, 2.45) is 5.92 Å². The molecule has 0 radical (unpaired) electrons. The van der Waals surface area contributed by atoms with Crippen molar-refractivity contribution in [2.45, 2.75) is 75.9 Å². The maximum Gasteiger partial charge on any atom is 0.0283 e. The van der Waals surface area contributed by atoms with Crippen molar-refractivity contribution < 1.29 is 0 Å². The van der Waals surface area contributed by atoms with E-state index in [2.05, 4.69) is 21.7 Å². The molecule has 0 amide bonds. The molecular weight excluding hydrogens is 270 g/mol. The lowest BCUT2D eigenvalue weighted by Crippen LogP contribution is -2.63. The van der Waals surface area contributed by atoms with E-state index in [9.17, 15) is 0 Å². The zero-order chi connectivity index (χ0) is 14.9. The largest absolute Gasteiger partial charge is 0.306 e. The molecule has 1 aliphatic carbocycles. The molecule has 0 bridgehead atoms. The lowest BCUT2D eigenvalue weighted by Gasteiger charge is -2.53. The smallest absolute Gasteiger partial charge is 0.0283 e. The molecule has 0 aromatic heterocycles. The minimum absolute atomic E-state index is 0.880. The summed E-state index contributed by atoms with van der Waals surface area (Å²) in [5.74, 6) is 0.999. The van der Waals surface area contributed by atoms with E-state index in [1.165, 1.54) is 90.5 Å². The molecule has 0 unspecified atom stereocenters. The van der Waals surface area contributed by atoms with Crippen LogP contribution in [0, 0.1) is 5.92 Å². The standard InChI is InChI=1S/C19H35N3/c1-20-12-9-17(10-13-20)22-15-14-21-11-5-8-18(21)19(22)16-6-3-2-4-7-16/h16-19H,2-15H2,1H3/t18-,19-/m0/s1. The molecule has 3 nitrogen and oxygen atoms in total. The Balaban J connectivity index is 1.52. The number of fused-ring (bicyclic) bond motifs is 1. The van der Waals surface area contributed by atoms with Gasteiger partial charge in [0.2, 0.25) is 0 Å². The fraction of sp³-hybridized carbons (Fsp3) is 1.00. The average Bonchev–Trinajstić information content (AvgIpc) is 3.04. The molecular formula is C19H35N3. The van der Waals surface area contributed by atoms with Crippen LogP contribution in [0.2, 0.25) is 0 Å². The Hall–Kier alpha value is -0.120. The van der Waals surface area contributed by atoms with E-state index in [-0.39, 0.29) is 0 Å². The zero-order valence-electron chi connectivity index (χ0n) is 14.6. The van der Waals surface area contributed by atoms with Crippen LogP contribution in [0.1, 0.15) is 57.8 Å². The molecule has 0 spiro atoms. The van der Waals surface area contributed by atoms with Crippen LogP contribution in [0.25, 0.3) is 0 Å². The third-order valence-corrected chi connectivity index (χ3v) is 7.13. The summed E-state index contributed by atoms with van der Waals surface area (Å²) in [4.78, 5) is 8.40. The van der Waals surface area contributed by atoms with Crippen molar-refractivity contribution in [2.75, 3.05) is 39.8 Å². The minimum Gasteiger partial charge on any atom is -0.306 e. The highest BCUT2D eigenvalue weighted by molar-refractivity contribution is 5.01. The highest BCUT2D eigenvalue weighted by atomic mass is 15.3. The van der Waals surface area contributed by atoms with E-state index >= 15 is 0 Å². The summed E-state index contributed by atoms with van der Waals surface area (Å²) in [6.45, 7) is 6.71. The molecule has 2 atom stereocenters. The van der Waals surface area contributed by atoms with Crippen molar-refractivity contribution >= 4 is 0 Å². The quantitative estimate of drug-likeness (QED) is 0.777. The van der Waals surface area contributed by atoms with Crippen LogP contribution in [0.15, 0.2) is 0 Å². The van der Waals surface area contributed by atoms with Crippen LogP contribution in [0.3, 0.4) is 0 Å². The lowest BCUT2D eigenvalue weighted by atomic mass is 9.78.